The highest BCUT2D eigenvalue weighted by molar-refractivity contribution is 6.04. The largest absolute Gasteiger partial charge is 0.491 e. The van der Waals surface area contributed by atoms with Crippen LogP contribution < -0.4 is 14.8 Å². The number of benzene rings is 2. The molecule has 0 aromatic heterocycles. The Balaban J connectivity index is 1.85. The number of nitrogens with one attached hydrogen (secondary N) is 1. The van der Waals surface area contributed by atoms with E-state index in [4.69, 9.17) is 14.2 Å². The van der Waals surface area contributed by atoms with Gasteiger partial charge in [-0.3, -0.25) is 4.79 Å². The lowest BCUT2D eigenvalue weighted by atomic mass is 10.2. The molecule has 0 saturated heterocycles. The summed E-state index contributed by atoms with van der Waals surface area (Å²) in [5.41, 5.74) is 2.21. The Labute approximate surface area is 154 Å². The topological polar surface area (TPSA) is 56.8 Å². The number of ether oxygens (including phenoxy) is 3. The summed E-state index contributed by atoms with van der Waals surface area (Å²) in [7, 11) is 0. The molecule has 2 aromatic carbocycles. The maximum absolute atomic E-state index is 12.3. The fourth-order valence-corrected chi connectivity index (χ4v) is 2.11. The van der Waals surface area contributed by atoms with Crippen LogP contribution in [0.2, 0.25) is 0 Å². The highest BCUT2D eigenvalue weighted by Crippen LogP contribution is 2.18. The van der Waals surface area contributed by atoms with Crippen molar-refractivity contribution in [2.45, 2.75) is 13.8 Å². The van der Waals surface area contributed by atoms with Gasteiger partial charge in [0.25, 0.3) is 5.91 Å². The maximum atomic E-state index is 12.3. The Hall–Kier alpha value is -2.79. The summed E-state index contributed by atoms with van der Waals surface area (Å²) in [5.74, 6) is 1.27. The average Bonchev–Trinajstić information content (AvgIpc) is 2.65. The standard InChI is InChI=1S/C21H25NO4/c1-4-24-13-14-25-19-9-5-17(6-10-19)21(23)22-18-7-11-20(12-8-18)26-15-16(2)3/h5-12H,2,4,13-15H2,1,3H3,(H,22,23). The number of hydrogen-bond acceptors (Lipinski definition) is 4. The molecule has 2 rings (SSSR count). The van der Waals surface area contributed by atoms with Crippen molar-refractivity contribution in [2.24, 2.45) is 0 Å². The van der Waals surface area contributed by atoms with Crippen LogP contribution in [-0.2, 0) is 4.74 Å². The van der Waals surface area contributed by atoms with Gasteiger partial charge in [-0.2, -0.15) is 0 Å². The van der Waals surface area contributed by atoms with E-state index in [9.17, 15) is 4.79 Å². The van der Waals surface area contributed by atoms with E-state index in [1.54, 1.807) is 36.4 Å². The molecule has 26 heavy (non-hydrogen) atoms. The van der Waals surface area contributed by atoms with Crippen LogP contribution >= 0.6 is 0 Å². The van der Waals surface area contributed by atoms with Gasteiger partial charge in [-0.15, -0.1) is 0 Å². The van der Waals surface area contributed by atoms with E-state index in [-0.39, 0.29) is 5.91 Å². The molecular formula is C21H25NO4. The van der Waals surface area contributed by atoms with Crippen LogP contribution in [0.1, 0.15) is 24.2 Å². The first-order valence-corrected chi connectivity index (χ1v) is 8.57. The third-order valence-corrected chi connectivity index (χ3v) is 3.41. The predicted molar refractivity (Wildman–Crippen MR) is 103 cm³/mol. The lowest BCUT2D eigenvalue weighted by molar-refractivity contribution is 0.102. The summed E-state index contributed by atoms with van der Waals surface area (Å²) in [6.45, 7) is 9.82. The van der Waals surface area contributed by atoms with E-state index >= 15 is 0 Å². The van der Waals surface area contributed by atoms with Crippen LogP contribution in [0.5, 0.6) is 11.5 Å². The minimum atomic E-state index is -0.179. The number of carbonyl (C=O) groups is 1. The summed E-state index contributed by atoms with van der Waals surface area (Å²) in [6, 6.07) is 14.2. The van der Waals surface area contributed by atoms with Gasteiger partial charge in [0.1, 0.15) is 24.7 Å². The third kappa shape index (κ3) is 6.61. The van der Waals surface area contributed by atoms with Crippen molar-refractivity contribution < 1.29 is 19.0 Å². The Morgan fingerprint density at radius 2 is 1.58 bits per heavy atom. The molecule has 1 N–H and O–H groups in total. The zero-order valence-electron chi connectivity index (χ0n) is 15.3. The number of anilines is 1. The first kappa shape index (κ1) is 19.5. The van der Waals surface area contributed by atoms with Gasteiger partial charge in [-0.05, 0) is 68.0 Å². The summed E-state index contributed by atoms with van der Waals surface area (Å²) < 4.78 is 16.3. The van der Waals surface area contributed by atoms with E-state index in [0.717, 1.165) is 11.3 Å². The third-order valence-electron chi connectivity index (χ3n) is 3.41. The van der Waals surface area contributed by atoms with Crippen LogP contribution in [0.4, 0.5) is 5.69 Å². The highest BCUT2D eigenvalue weighted by atomic mass is 16.5. The number of amides is 1. The highest BCUT2D eigenvalue weighted by Gasteiger charge is 2.07. The molecule has 0 bridgehead atoms. The molecular weight excluding hydrogens is 330 g/mol. The van der Waals surface area contributed by atoms with Crippen LogP contribution in [0.25, 0.3) is 0 Å². The second-order valence-corrected chi connectivity index (χ2v) is 5.79. The second-order valence-electron chi connectivity index (χ2n) is 5.79. The van der Waals surface area contributed by atoms with E-state index in [0.29, 0.717) is 43.4 Å². The molecule has 0 aliphatic carbocycles. The van der Waals surface area contributed by atoms with Crippen molar-refractivity contribution in [2.75, 3.05) is 31.7 Å². The molecule has 0 heterocycles. The minimum Gasteiger partial charge on any atom is -0.491 e. The zero-order valence-corrected chi connectivity index (χ0v) is 15.3. The van der Waals surface area contributed by atoms with Crippen molar-refractivity contribution in [3.8, 4) is 11.5 Å². The van der Waals surface area contributed by atoms with Crippen molar-refractivity contribution in [3.63, 3.8) is 0 Å². The molecule has 0 aliphatic heterocycles. The van der Waals surface area contributed by atoms with Gasteiger partial charge in [0.05, 0.1) is 6.61 Å². The first-order chi connectivity index (χ1) is 12.6. The fourth-order valence-electron chi connectivity index (χ4n) is 2.11. The first-order valence-electron chi connectivity index (χ1n) is 8.57. The van der Waals surface area contributed by atoms with Crippen molar-refractivity contribution in [3.05, 3.63) is 66.2 Å². The zero-order chi connectivity index (χ0) is 18.8. The molecule has 5 nitrogen and oxygen atoms in total. The SMILES string of the molecule is C=C(C)COc1ccc(NC(=O)c2ccc(OCCOCC)cc2)cc1. The van der Waals surface area contributed by atoms with Crippen LogP contribution in [0.15, 0.2) is 60.7 Å². The second kappa shape index (κ2) is 10.3. The summed E-state index contributed by atoms with van der Waals surface area (Å²) in [6.07, 6.45) is 0. The monoisotopic (exact) mass is 355 g/mol. The van der Waals surface area contributed by atoms with E-state index in [1.807, 2.05) is 26.0 Å². The van der Waals surface area contributed by atoms with E-state index < -0.39 is 0 Å². The number of carbonyl (C=O) groups excluding carboxylic acids is 1. The molecule has 0 saturated carbocycles. The lowest BCUT2D eigenvalue weighted by Gasteiger charge is -2.09. The van der Waals surface area contributed by atoms with Gasteiger partial charge in [-0.1, -0.05) is 6.58 Å². The Morgan fingerprint density at radius 1 is 0.962 bits per heavy atom. The number of hydrogen-bond donors (Lipinski definition) is 1. The summed E-state index contributed by atoms with van der Waals surface area (Å²) >= 11 is 0. The minimum absolute atomic E-state index is 0.179. The lowest BCUT2D eigenvalue weighted by Crippen LogP contribution is -2.12. The molecule has 0 spiro atoms. The van der Waals surface area contributed by atoms with Gasteiger partial charge in [0, 0.05) is 17.9 Å². The quantitative estimate of drug-likeness (QED) is 0.510. The van der Waals surface area contributed by atoms with Crippen LogP contribution in [0.3, 0.4) is 0 Å². The van der Waals surface area contributed by atoms with Gasteiger partial charge in [0.15, 0.2) is 0 Å². The normalized spacial score (nSPS) is 10.2. The van der Waals surface area contributed by atoms with Gasteiger partial charge in [0.2, 0.25) is 0 Å². The Bertz CT molecular complexity index is 708. The molecule has 0 unspecified atom stereocenters. The molecule has 0 aliphatic rings. The Kier molecular flexibility index (Phi) is 7.71. The molecule has 0 radical (unpaired) electrons. The van der Waals surface area contributed by atoms with E-state index in [2.05, 4.69) is 11.9 Å². The summed E-state index contributed by atoms with van der Waals surface area (Å²) in [5, 5.41) is 2.86. The molecule has 2 aromatic rings. The molecule has 0 atom stereocenters. The smallest absolute Gasteiger partial charge is 0.255 e. The van der Waals surface area contributed by atoms with Crippen LogP contribution in [0, 0.1) is 0 Å². The molecule has 1 amide bonds. The molecule has 138 valence electrons. The predicted octanol–water partition coefficient (Wildman–Crippen LogP) is 4.31. The molecule has 5 heteroatoms. The maximum Gasteiger partial charge on any atom is 0.255 e. The van der Waals surface area contributed by atoms with Gasteiger partial charge in [-0.25, -0.2) is 0 Å². The number of rotatable bonds is 10. The molecule has 0 fully saturated rings. The van der Waals surface area contributed by atoms with E-state index in [1.165, 1.54) is 0 Å². The van der Waals surface area contributed by atoms with Crippen molar-refractivity contribution in [1.82, 2.24) is 0 Å². The van der Waals surface area contributed by atoms with Crippen molar-refractivity contribution in [1.29, 1.82) is 0 Å². The van der Waals surface area contributed by atoms with Crippen molar-refractivity contribution >= 4 is 11.6 Å². The summed E-state index contributed by atoms with van der Waals surface area (Å²) in [4.78, 5) is 12.3. The van der Waals surface area contributed by atoms with Crippen LogP contribution in [-0.4, -0.2) is 32.3 Å². The van der Waals surface area contributed by atoms with Gasteiger partial charge >= 0.3 is 0 Å². The average molecular weight is 355 g/mol. The van der Waals surface area contributed by atoms with Gasteiger partial charge < -0.3 is 19.5 Å². The Morgan fingerprint density at radius 3 is 2.19 bits per heavy atom. The fraction of sp³-hybridized carbons (Fsp3) is 0.286.